The maximum absolute atomic E-state index is 11.9. The Labute approximate surface area is 208 Å². The van der Waals surface area contributed by atoms with E-state index >= 15 is 0 Å². The summed E-state index contributed by atoms with van der Waals surface area (Å²) in [7, 11) is -2.96. The minimum Gasteiger partial charge on any atom is -0.212 e. The zero-order valence-corrected chi connectivity index (χ0v) is 23.0. The zero-order chi connectivity index (χ0) is 24.9. The van der Waals surface area contributed by atoms with Gasteiger partial charge in [-0.1, -0.05) is 90.3 Å². The summed E-state index contributed by atoms with van der Waals surface area (Å²) in [5.74, 6) is 2.57. The predicted molar refractivity (Wildman–Crippen MR) is 141 cm³/mol. The second-order valence-corrected chi connectivity index (χ2v) is 12.3. The molecule has 1 aliphatic carbocycles. The van der Waals surface area contributed by atoms with E-state index in [0.717, 1.165) is 43.8 Å². The van der Waals surface area contributed by atoms with Gasteiger partial charge in [0.1, 0.15) is 6.07 Å². The van der Waals surface area contributed by atoms with E-state index in [9.17, 15) is 8.42 Å². The third-order valence-corrected chi connectivity index (χ3v) is 9.06. The molecule has 3 rings (SSSR count). The van der Waals surface area contributed by atoms with Crippen LogP contribution in [0.5, 0.6) is 0 Å². The fourth-order valence-corrected chi connectivity index (χ4v) is 6.30. The van der Waals surface area contributed by atoms with E-state index in [0.29, 0.717) is 28.2 Å². The molecule has 2 fully saturated rings. The molecular weight excluding hydrogens is 452 g/mol. The molecule has 1 atom stereocenters. The lowest BCUT2D eigenvalue weighted by Gasteiger charge is -2.18. The second-order valence-electron chi connectivity index (χ2n) is 9.83. The molecule has 0 amide bonds. The Balaban J connectivity index is 0.000000262. The summed E-state index contributed by atoms with van der Waals surface area (Å²) < 4.78 is 25.5. The number of halogens is 1. The highest BCUT2D eigenvalue weighted by molar-refractivity contribution is 7.89. The van der Waals surface area contributed by atoms with Crippen LogP contribution < -0.4 is 0 Å². The van der Waals surface area contributed by atoms with Crippen LogP contribution >= 0.6 is 11.6 Å². The number of aryl methyl sites for hydroxylation is 1. The molecule has 6 heteroatoms. The van der Waals surface area contributed by atoms with Crippen LogP contribution in [0.4, 0.5) is 0 Å². The van der Waals surface area contributed by atoms with Gasteiger partial charge in [0.05, 0.1) is 16.3 Å². The number of rotatable bonds is 6. The number of unbranched alkanes of at least 4 members (excludes halogenated alkanes) is 1. The molecule has 0 radical (unpaired) electrons. The maximum Gasteiger partial charge on any atom is 0.214 e. The van der Waals surface area contributed by atoms with Crippen LogP contribution in [0.25, 0.3) is 0 Å². The van der Waals surface area contributed by atoms with Crippen molar-refractivity contribution in [3.8, 4) is 6.07 Å². The van der Waals surface area contributed by atoms with Crippen LogP contribution in [0.15, 0.2) is 18.2 Å². The highest BCUT2D eigenvalue weighted by atomic mass is 35.5. The SMILES string of the molecule is CCC1CCCCC1.CCCCS(=O)(=O)N1CCC(C(C)C)C1.Cc1ccc(C#N)c(Cl)c1. The lowest BCUT2D eigenvalue weighted by Crippen LogP contribution is -2.31. The highest BCUT2D eigenvalue weighted by Gasteiger charge is 2.31. The van der Waals surface area contributed by atoms with Gasteiger partial charge in [-0.25, -0.2) is 12.7 Å². The van der Waals surface area contributed by atoms with Gasteiger partial charge in [0.15, 0.2) is 0 Å². The first-order valence-corrected chi connectivity index (χ1v) is 14.8. The van der Waals surface area contributed by atoms with E-state index in [1.807, 2.05) is 26.0 Å². The van der Waals surface area contributed by atoms with Crippen molar-refractivity contribution in [3.63, 3.8) is 0 Å². The largest absolute Gasteiger partial charge is 0.214 e. The van der Waals surface area contributed by atoms with Gasteiger partial charge < -0.3 is 0 Å². The zero-order valence-electron chi connectivity index (χ0n) is 21.4. The number of benzene rings is 1. The summed E-state index contributed by atoms with van der Waals surface area (Å²) in [5, 5.41) is 9.00. The van der Waals surface area contributed by atoms with Crippen LogP contribution in [0, 0.1) is 36.0 Å². The number of hydrogen-bond donors (Lipinski definition) is 0. The molecule has 0 bridgehead atoms. The number of sulfonamides is 1. The monoisotopic (exact) mass is 496 g/mol. The van der Waals surface area contributed by atoms with Gasteiger partial charge in [0.2, 0.25) is 10.0 Å². The molecular formula is C27H45ClN2O2S. The normalized spacial score (nSPS) is 19.3. The van der Waals surface area contributed by atoms with Gasteiger partial charge in [-0.05, 0) is 55.2 Å². The van der Waals surface area contributed by atoms with Crippen molar-refractivity contribution in [2.45, 2.75) is 92.4 Å². The van der Waals surface area contributed by atoms with Crippen molar-refractivity contribution < 1.29 is 8.42 Å². The van der Waals surface area contributed by atoms with E-state index in [2.05, 4.69) is 20.8 Å². The average molecular weight is 497 g/mol. The Morgan fingerprint density at radius 3 is 2.27 bits per heavy atom. The van der Waals surface area contributed by atoms with E-state index in [1.54, 1.807) is 16.4 Å². The van der Waals surface area contributed by atoms with E-state index in [4.69, 9.17) is 16.9 Å². The number of hydrogen-bond acceptors (Lipinski definition) is 3. The van der Waals surface area contributed by atoms with Crippen molar-refractivity contribution in [1.82, 2.24) is 4.31 Å². The molecule has 0 aromatic heterocycles. The summed E-state index contributed by atoms with van der Waals surface area (Å²) in [6.45, 7) is 12.1. The van der Waals surface area contributed by atoms with E-state index in [1.165, 1.54) is 38.5 Å². The maximum atomic E-state index is 11.9. The fraction of sp³-hybridized carbons (Fsp3) is 0.741. The quantitative estimate of drug-likeness (QED) is 0.407. The molecule has 1 saturated carbocycles. The highest BCUT2D eigenvalue weighted by Crippen LogP contribution is 2.26. The van der Waals surface area contributed by atoms with E-state index < -0.39 is 10.0 Å². The molecule has 1 unspecified atom stereocenters. The molecule has 188 valence electrons. The first-order valence-electron chi connectivity index (χ1n) is 12.8. The Morgan fingerprint density at radius 1 is 1.15 bits per heavy atom. The van der Waals surface area contributed by atoms with Crippen LogP contribution in [0.1, 0.15) is 96.6 Å². The molecule has 1 aromatic rings. The standard InChI is InChI=1S/C11H23NO2S.C8H6ClN.C8H16/c1-4-5-8-15(13,14)12-7-6-11(9-12)10(2)3;1-6-2-3-7(5-10)8(9)4-6;1-2-8-6-4-3-5-7-8/h10-11H,4-9H2,1-3H3;2-4H,1H3;8H,2-7H2,1H3. The Morgan fingerprint density at radius 2 is 1.82 bits per heavy atom. The van der Waals surface area contributed by atoms with Crippen LogP contribution in [-0.4, -0.2) is 31.6 Å². The molecule has 1 heterocycles. The van der Waals surface area contributed by atoms with Crippen LogP contribution in [-0.2, 0) is 10.0 Å². The molecule has 1 aromatic carbocycles. The Kier molecular flexibility index (Phi) is 14.3. The minimum atomic E-state index is -2.96. The smallest absolute Gasteiger partial charge is 0.212 e. The van der Waals surface area contributed by atoms with Gasteiger partial charge in [-0.15, -0.1) is 0 Å². The lowest BCUT2D eigenvalue weighted by molar-refractivity contribution is 0.349. The molecule has 0 spiro atoms. The molecule has 2 aliphatic rings. The topological polar surface area (TPSA) is 61.2 Å². The van der Waals surface area contributed by atoms with Gasteiger partial charge >= 0.3 is 0 Å². The Bertz CT molecular complexity index is 827. The summed E-state index contributed by atoms with van der Waals surface area (Å²) in [4.78, 5) is 0. The van der Waals surface area contributed by atoms with Crippen molar-refractivity contribution in [2.24, 2.45) is 17.8 Å². The second kappa shape index (κ2) is 15.7. The third kappa shape index (κ3) is 11.3. The molecule has 1 saturated heterocycles. The van der Waals surface area contributed by atoms with Gasteiger partial charge in [-0.3, -0.25) is 0 Å². The summed E-state index contributed by atoms with van der Waals surface area (Å²) in [6, 6.07) is 7.35. The van der Waals surface area contributed by atoms with Crippen molar-refractivity contribution in [2.75, 3.05) is 18.8 Å². The number of nitriles is 1. The summed E-state index contributed by atoms with van der Waals surface area (Å²) in [6.07, 6.45) is 11.7. The Hall–Kier alpha value is -1.09. The first kappa shape index (κ1) is 29.9. The molecule has 0 N–H and O–H groups in total. The molecule has 4 nitrogen and oxygen atoms in total. The molecule has 1 aliphatic heterocycles. The van der Waals surface area contributed by atoms with Gasteiger partial charge in [0.25, 0.3) is 0 Å². The van der Waals surface area contributed by atoms with E-state index in [-0.39, 0.29) is 0 Å². The van der Waals surface area contributed by atoms with Crippen molar-refractivity contribution >= 4 is 21.6 Å². The fourth-order valence-electron chi connectivity index (χ4n) is 4.31. The summed E-state index contributed by atoms with van der Waals surface area (Å²) >= 11 is 5.71. The van der Waals surface area contributed by atoms with Crippen molar-refractivity contribution in [1.29, 1.82) is 5.26 Å². The first-order chi connectivity index (χ1) is 15.6. The van der Waals surface area contributed by atoms with Crippen LogP contribution in [0.3, 0.4) is 0 Å². The summed E-state index contributed by atoms with van der Waals surface area (Å²) in [5.41, 5.74) is 1.61. The van der Waals surface area contributed by atoms with Crippen LogP contribution in [0.2, 0.25) is 5.02 Å². The average Bonchev–Trinajstić information content (AvgIpc) is 3.31. The lowest BCUT2D eigenvalue weighted by atomic mass is 9.88. The van der Waals surface area contributed by atoms with Gasteiger partial charge in [-0.2, -0.15) is 5.26 Å². The minimum absolute atomic E-state index is 0.328. The van der Waals surface area contributed by atoms with Crippen molar-refractivity contribution in [3.05, 3.63) is 34.3 Å². The van der Waals surface area contributed by atoms with Gasteiger partial charge in [0, 0.05) is 13.1 Å². The third-order valence-electron chi connectivity index (χ3n) is 6.83. The molecule has 33 heavy (non-hydrogen) atoms. The predicted octanol–water partition coefficient (Wildman–Crippen LogP) is 7.59. The number of nitrogens with zero attached hydrogens (tertiary/aromatic N) is 2.